The molecule has 1 aromatic heterocycles. The topological polar surface area (TPSA) is 96.6 Å². The molecule has 7 heteroatoms. The summed E-state index contributed by atoms with van der Waals surface area (Å²) < 4.78 is 31.6. The van der Waals surface area contributed by atoms with E-state index in [4.69, 9.17) is 4.42 Å². The summed E-state index contributed by atoms with van der Waals surface area (Å²) in [6.07, 6.45) is 11.5. The van der Waals surface area contributed by atoms with E-state index in [0.29, 0.717) is 11.8 Å². The number of hydrogen-bond donors (Lipinski definition) is 2. The monoisotopic (exact) mass is 463 g/mol. The zero-order valence-corrected chi connectivity index (χ0v) is 20.3. The van der Waals surface area contributed by atoms with Crippen molar-refractivity contribution in [1.29, 1.82) is 0 Å². The molecule has 1 aromatic rings. The quantitative estimate of drug-likeness (QED) is 0.711. The highest BCUT2D eigenvalue weighted by atomic mass is 32.2. The predicted molar refractivity (Wildman–Crippen MR) is 123 cm³/mol. The summed E-state index contributed by atoms with van der Waals surface area (Å²) in [5, 5.41) is 12.3. The van der Waals surface area contributed by atoms with Gasteiger partial charge in [0.05, 0.1) is 18.1 Å². The van der Waals surface area contributed by atoms with Crippen LogP contribution in [-0.4, -0.2) is 31.4 Å². The van der Waals surface area contributed by atoms with Gasteiger partial charge in [0.1, 0.15) is 0 Å². The van der Waals surface area contributed by atoms with Gasteiger partial charge >= 0.3 is 5.63 Å². The van der Waals surface area contributed by atoms with Crippen molar-refractivity contribution < 1.29 is 17.9 Å². The van der Waals surface area contributed by atoms with E-state index in [1.807, 2.05) is 6.07 Å². The summed E-state index contributed by atoms with van der Waals surface area (Å²) in [6, 6.07) is 3.42. The number of sulfonamides is 1. The molecule has 32 heavy (non-hydrogen) atoms. The minimum Gasteiger partial charge on any atom is -0.431 e. The van der Waals surface area contributed by atoms with Gasteiger partial charge in [0.2, 0.25) is 10.0 Å². The summed E-state index contributed by atoms with van der Waals surface area (Å²) in [5.74, 6) is 1.47. The van der Waals surface area contributed by atoms with Crippen molar-refractivity contribution in [2.24, 2.45) is 28.6 Å². The van der Waals surface area contributed by atoms with Crippen molar-refractivity contribution in [3.05, 3.63) is 34.4 Å². The summed E-state index contributed by atoms with van der Waals surface area (Å²) in [7, 11) is -3.19. The number of fused-ring (bicyclic) bond motifs is 5. The van der Waals surface area contributed by atoms with Crippen LogP contribution in [0, 0.1) is 28.6 Å². The molecule has 4 aliphatic rings. The molecule has 4 fully saturated rings. The van der Waals surface area contributed by atoms with Gasteiger partial charge in [-0.15, -0.1) is 0 Å². The minimum atomic E-state index is -3.19. The van der Waals surface area contributed by atoms with Gasteiger partial charge in [-0.1, -0.05) is 13.8 Å². The number of hydrogen-bond acceptors (Lipinski definition) is 5. The molecule has 0 aromatic carbocycles. The fourth-order valence-electron chi connectivity index (χ4n) is 8.74. The molecule has 0 radical (unpaired) electrons. The maximum absolute atomic E-state index is 12.3. The molecule has 0 saturated heterocycles. The van der Waals surface area contributed by atoms with Crippen LogP contribution in [0.5, 0.6) is 0 Å². The van der Waals surface area contributed by atoms with Crippen LogP contribution < -0.4 is 10.3 Å². The van der Waals surface area contributed by atoms with Crippen LogP contribution in [0.1, 0.15) is 83.1 Å². The van der Waals surface area contributed by atoms with Gasteiger partial charge in [-0.2, -0.15) is 0 Å². The van der Waals surface area contributed by atoms with Crippen LogP contribution in [0.15, 0.2) is 27.6 Å². The Morgan fingerprint density at radius 1 is 1.03 bits per heavy atom. The molecule has 6 nitrogen and oxygen atoms in total. The first-order chi connectivity index (χ1) is 15.0. The van der Waals surface area contributed by atoms with E-state index >= 15 is 0 Å². The first kappa shape index (κ1) is 22.6. The van der Waals surface area contributed by atoms with E-state index in [1.165, 1.54) is 12.3 Å². The van der Waals surface area contributed by atoms with Crippen molar-refractivity contribution in [3.8, 4) is 0 Å². The van der Waals surface area contributed by atoms with Crippen LogP contribution in [0.3, 0.4) is 0 Å². The Balaban J connectivity index is 1.40. The van der Waals surface area contributed by atoms with Crippen molar-refractivity contribution in [3.63, 3.8) is 0 Å². The maximum atomic E-state index is 12.3. The first-order valence-corrected chi connectivity index (χ1v) is 14.1. The maximum Gasteiger partial charge on any atom is 0.335 e. The smallest absolute Gasteiger partial charge is 0.335 e. The average Bonchev–Trinajstić information content (AvgIpc) is 2.99. The lowest BCUT2D eigenvalue weighted by Crippen LogP contribution is -2.62. The molecule has 5 rings (SSSR count). The van der Waals surface area contributed by atoms with E-state index in [-0.39, 0.29) is 34.3 Å². The zero-order valence-electron chi connectivity index (χ0n) is 19.5. The second-order valence-electron chi connectivity index (χ2n) is 11.7. The van der Waals surface area contributed by atoms with Crippen LogP contribution in [0.4, 0.5) is 0 Å². The second-order valence-corrected chi connectivity index (χ2v) is 13.5. The third kappa shape index (κ3) is 3.33. The molecule has 178 valence electrons. The Kier molecular flexibility index (Phi) is 5.23. The molecule has 4 saturated carbocycles. The minimum absolute atomic E-state index is 0.0418. The van der Waals surface area contributed by atoms with E-state index in [1.54, 1.807) is 6.26 Å². The van der Waals surface area contributed by atoms with Gasteiger partial charge in [-0.25, -0.2) is 17.9 Å². The van der Waals surface area contributed by atoms with Gasteiger partial charge in [0.25, 0.3) is 0 Å². The van der Waals surface area contributed by atoms with Gasteiger partial charge < -0.3 is 9.52 Å². The van der Waals surface area contributed by atoms with Gasteiger partial charge in [0.15, 0.2) is 0 Å². The molecule has 1 heterocycles. The van der Waals surface area contributed by atoms with Crippen molar-refractivity contribution in [2.75, 3.05) is 6.26 Å². The lowest BCUT2D eigenvalue weighted by atomic mass is 9.43. The van der Waals surface area contributed by atoms with Crippen LogP contribution in [-0.2, 0) is 10.0 Å². The Morgan fingerprint density at radius 2 is 1.81 bits per heavy atom. The Hall–Kier alpha value is -1.18. The lowest BCUT2D eigenvalue weighted by molar-refractivity contribution is -0.201. The molecule has 0 aliphatic heterocycles. The molecule has 0 amide bonds. The number of aliphatic hydroxyl groups is 1. The van der Waals surface area contributed by atoms with Crippen LogP contribution in [0.2, 0.25) is 0 Å². The Bertz CT molecular complexity index is 1030. The highest BCUT2D eigenvalue weighted by molar-refractivity contribution is 7.88. The van der Waals surface area contributed by atoms with E-state index in [9.17, 15) is 18.3 Å². The van der Waals surface area contributed by atoms with Gasteiger partial charge in [-0.05, 0) is 98.5 Å². The van der Waals surface area contributed by atoms with E-state index in [2.05, 4.69) is 18.6 Å². The standard InChI is InChI=1S/C25H37NO5S/c1-23-11-8-18(26-32(3,29)30)14-17(23)5-6-21-20(23)9-12-24(2)19(10-13-25(21,24)28)16-4-7-22(27)31-15-16/h4,7,15,17-21,26,28H,5-6,8-14H2,1-3H3/t17-,18+,19-,20?,21-,23+,24-,25+/m1/s1. The lowest BCUT2D eigenvalue weighted by Gasteiger charge is -2.63. The molecule has 1 unspecified atom stereocenters. The Labute approximate surface area is 191 Å². The molecule has 4 aliphatic carbocycles. The van der Waals surface area contributed by atoms with E-state index < -0.39 is 15.6 Å². The first-order valence-electron chi connectivity index (χ1n) is 12.2. The molecular weight excluding hydrogens is 426 g/mol. The van der Waals surface area contributed by atoms with Crippen LogP contribution in [0.25, 0.3) is 0 Å². The largest absolute Gasteiger partial charge is 0.431 e. The van der Waals surface area contributed by atoms with Gasteiger partial charge in [0, 0.05) is 17.5 Å². The third-order valence-electron chi connectivity index (χ3n) is 10.4. The molecule has 8 atom stereocenters. The predicted octanol–water partition coefficient (Wildman–Crippen LogP) is 3.80. The highest BCUT2D eigenvalue weighted by Gasteiger charge is 2.67. The van der Waals surface area contributed by atoms with Crippen molar-refractivity contribution in [2.45, 2.75) is 89.2 Å². The number of nitrogens with one attached hydrogen (secondary N) is 1. The highest BCUT2D eigenvalue weighted by Crippen LogP contribution is 2.70. The normalized spacial score (nSPS) is 46.2. The summed E-state index contributed by atoms with van der Waals surface area (Å²) in [4.78, 5) is 11.5. The van der Waals surface area contributed by atoms with Crippen molar-refractivity contribution in [1.82, 2.24) is 4.72 Å². The second kappa shape index (κ2) is 7.41. The van der Waals surface area contributed by atoms with Crippen molar-refractivity contribution >= 4 is 10.0 Å². The zero-order chi connectivity index (χ0) is 22.9. The average molecular weight is 464 g/mol. The Morgan fingerprint density at radius 3 is 2.50 bits per heavy atom. The molecular formula is C25H37NO5S. The van der Waals surface area contributed by atoms with E-state index in [0.717, 1.165) is 63.4 Å². The molecule has 0 spiro atoms. The SMILES string of the molecule is C[C@]12CC[C@H](NS(C)(=O)=O)C[C@H]1CC[C@@H]1C2CC[C@]2(C)[C@@H](c3ccc(=O)oc3)CC[C@]12O. The summed E-state index contributed by atoms with van der Waals surface area (Å²) in [6.45, 7) is 4.67. The van der Waals surface area contributed by atoms with Crippen LogP contribution >= 0.6 is 0 Å². The van der Waals surface area contributed by atoms with Gasteiger partial charge in [-0.3, -0.25) is 0 Å². The summed E-state index contributed by atoms with van der Waals surface area (Å²) >= 11 is 0. The fourth-order valence-corrected chi connectivity index (χ4v) is 9.56. The fraction of sp³-hybridized carbons (Fsp3) is 0.800. The molecule has 0 bridgehead atoms. The third-order valence-corrected chi connectivity index (χ3v) is 11.1. The summed E-state index contributed by atoms with van der Waals surface area (Å²) in [5.41, 5.74) is -0.0524. The molecule has 2 N–H and O–H groups in total. The number of rotatable bonds is 3.